The molecule has 0 aromatic heterocycles. The SMILES string of the molecule is CCCCOC(=O)OCCCC.[H-].[H-].[Mg+2]. The quantitative estimate of drug-likeness (QED) is 0.376. The fraction of sp³-hybridized carbons (Fsp3) is 0.889. The van der Waals surface area contributed by atoms with E-state index in [9.17, 15) is 4.79 Å². The van der Waals surface area contributed by atoms with E-state index in [-0.39, 0.29) is 25.9 Å². The Balaban J connectivity index is -0.000000202. The molecular weight excluding hydrogens is 180 g/mol. The van der Waals surface area contributed by atoms with Gasteiger partial charge in [-0.15, -0.1) is 0 Å². The van der Waals surface area contributed by atoms with Crippen molar-refractivity contribution in [2.75, 3.05) is 13.2 Å². The predicted octanol–water partition coefficient (Wildman–Crippen LogP) is 2.58. The zero-order chi connectivity index (χ0) is 9.23. The molecule has 4 heteroatoms. The molecule has 0 radical (unpaired) electrons. The number of unbranched alkanes of at least 4 members (excludes halogenated alkanes) is 2. The molecule has 0 spiro atoms. The largest absolute Gasteiger partial charge is 2.00 e. The minimum absolute atomic E-state index is 0. The molecule has 0 aliphatic carbocycles. The summed E-state index contributed by atoms with van der Waals surface area (Å²) in [6, 6.07) is 0. The first-order valence-corrected chi connectivity index (χ1v) is 4.60. The second-order valence-electron chi connectivity index (χ2n) is 2.65. The molecule has 0 bridgehead atoms. The summed E-state index contributed by atoms with van der Waals surface area (Å²) in [6.45, 7) is 5.04. The standard InChI is InChI=1S/C9H18O3.Mg.2H/c1-3-5-7-11-9(10)12-8-6-4-2;;;/h3-8H2,1-2H3;;;/q;+2;2*-1. The topological polar surface area (TPSA) is 35.5 Å². The number of carbonyl (C=O) groups is 1. The smallest absolute Gasteiger partial charge is 1.00 e. The van der Waals surface area contributed by atoms with Crippen molar-refractivity contribution in [1.82, 2.24) is 0 Å². The Labute approximate surface area is 99.3 Å². The Morgan fingerprint density at radius 1 is 1.08 bits per heavy atom. The van der Waals surface area contributed by atoms with Crippen LogP contribution in [0.5, 0.6) is 0 Å². The maximum Gasteiger partial charge on any atom is 2.00 e. The molecule has 0 atom stereocenters. The van der Waals surface area contributed by atoms with Crippen LogP contribution in [0.4, 0.5) is 4.79 Å². The normalized spacial score (nSPS) is 8.77. The van der Waals surface area contributed by atoms with E-state index >= 15 is 0 Å². The van der Waals surface area contributed by atoms with Gasteiger partial charge in [-0.1, -0.05) is 26.7 Å². The van der Waals surface area contributed by atoms with E-state index in [1.54, 1.807) is 0 Å². The van der Waals surface area contributed by atoms with Crippen LogP contribution in [0.2, 0.25) is 0 Å². The van der Waals surface area contributed by atoms with Gasteiger partial charge in [-0.3, -0.25) is 0 Å². The summed E-state index contributed by atoms with van der Waals surface area (Å²) >= 11 is 0. The average molecular weight is 201 g/mol. The van der Waals surface area contributed by atoms with Crippen LogP contribution >= 0.6 is 0 Å². The van der Waals surface area contributed by atoms with Crippen molar-refractivity contribution in [3.05, 3.63) is 0 Å². The third-order valence-electron chi connectivity index (χ3n) is 1.44. The third-order valence-corrected chi connectivity index (χ3v) is 1.44. The average Bonchev–Trinajstić information content (AvgIpc) is 2.06. The van der Waals surface area contributed by atoms with Gasteiger partial charge in [0.15, 0.2) is 0 Å². The number of hydrogen-bond acceptors (Lipinski definition) is 3. The molecule has 0 rings (SSSR count). The molecule has 0 saturated heterocycles. The van der Waals surface area contributed by atoms with Crippen molar-refractivity contribution >= 4 is 29.2 Å². The van der Waals surface area contributed by atoms with E-state index in [4.69, 9.17) is 9.47 Å². The zero-order valence-electron chi connectivity index (χ0n) is 10.7. The number of carbonyl (C=O) groups excluding carboxylic acids is 1. The van der Waals surface area contributed by atoms with Gasteiger partial charge in [0.05, 0.1) is 13.2 Å². The van der Waals surface area contributed by atoms with Crippen molar-refractivity contribution in [3.63, 3.8) is 0 Å². The Morgan fingerprint density at radius 2 is 1.46 bits per heavy atom. The molecule has 0 amide bonds. The van der Waals surface area contributed by atoms with Crippen molar-refractivity contribution in [3.8, 4) is 0 Å². The predicted molar refractivity (Wildman–Crippen MR) is 55.1 cm³/mol. The van der Waals surface area contributed by atoms with Crippen LogP contribution in [0.25, 0.3) is 0 Å². The zero-order valence-corrected chi connectivity index (χ0v) is 10.1. The molecule has 0 aliphatic rings. The van der Waals surface area contributed by atoms with Crippen LogP contribution in [-0.4, -0.2) is 42.4 Å². The van der Waals surface area contributed by atoms with E-state index in [0.29, 0.717) is 13.2 Å². The molecule has 0 unspecified atom stereocenters. The monoisotopic (exact) mass is 200 g/mol. The summed E-state index contributed by atoms with van der Waals surface area (Å²) in [4.78, 5) is 10.7. The van der Waals surface area contributed by atoms with Crippen LogP contribution in [-0.2, 0) is 9.47 Å². The van der Waals surface area contributed by atoms with Gasteiger partial charge in [0.1, 0.15) is 0 Å². The van der Waals surface area contributed by atoms with Gasteiger partial charge in [0.2, 0.25) is 0 Å². The van der Waals surface area contributed by atoms with Gasteiger partial charge in [0.25, 0.3) is 0 Å². The van der Waals surface area contributed by atoms with E-state index < -0.39 is 6.16 Å². The van der Waals surface area contributed by atoms with E-state index in [0.717, 1.165) is 25.7 Å². The van der Waals surface area contributed by atoms with Crippen LogP contribution in [0.1, 0.15) is 42.4 Å². The molecule has 3 nitrogen and oxygen atoms in total. The minimum Gasteiger partial charge on any atom is -1.00 e. The van der Waals surface area contributed by atoms with Crippen LogP contribution in [0, 0.1) is 0 Å². The maximum absolute atomic E-state index is 10.7. The first-order valence-electron chi connectivity index (χ1n) is 4.60. The summed E-state index contributed by atoms with van der Waals surface area (Å²) in [5, 5.41) is 0. The van der Waals surface area contributed by atoms with Gasteiger partial charge in [-0.05, 0) is 12.8 Å². The van der Waals surface area contributed by atoms with Gasteiger partial charge < -0.3 is 12.3 Å². The van der Waals surface area contributed by atoms with Gasteiger partial charge in [-0.25, -0.2) is 4.79 Å². The number of rotatable bonds is 6. The number of hydrogen-bond donors (Lipinski definition) is 0. The molecule has 13 heavy (non-hydrogen) atoms. The maximum atomic E-state index is 10.7. The van der Waals surface area contributed by atoms with Crippen molar-refractivity contribution in [2.24, 2.45) is 0 Å². The Bertz CT molecular complexity index is 114. The molecule has 0 aromatic carbocycles. The van der Waals surface area contributed by atoms with Crippen LogP contribution in [0.3, 0.4) is 0 Å². The van der Waals surface area contributed by atoms with Gasteiger partial charge in [-0.2, -0.15) is 0 Å². The second kappa shape index (κ2) is 12.0. The Kier molecular flexibility index (Phi) is 14.4. The van der Waals surface area contributed by atoms with Crippen molar-refractivity contribution in [1.29, 1.82) is 0 Å². The fourth-order valence-corrected chi connectivity index (χ4v) is 0.641. The second-order valence-corrected chi connectivity index (χ2v) is 2.65. The molecule has 0 saturated carbocycles. The summed E-state index contributed by atoms with van der Waals surface area (Å²) in [6.07, 6.45) is 3.34. The summed E-state index contributed by atoms with van der Waals surface area (Å²) < 4.78 is 9.54. The summed E-state index contributed by atoms with van der Waals surface area (Å²) in [5.74, 6) is 0. The van der Waals surface area contributed by atoms with Crippen LogP contribution in [0.15, 0.2) is 0 Å². The molecular formula is C9H20MgO3. The molecule has 76 valence electrons. The first-order chi connectivity index (χ1) is 5.81. The molecule has 0 heterocycles. The minimum atomic E-state index is -0.531. The summed E-state index contributed by atoms with van der Waals surface area (Å²) in [7, 11) is 0. The molecule has 0 N–H and O–H groups in total. The number of ether oxygens (including phenoxy) is 2. The van der Waals surface area contributed by atoms with Crippen molar-refractivity contribution in [2.45, 2.75) is 39.5 Å². The van der Waals surface area contributed by atoms with Gasteiger partial charge in [0, 0.05) is 0 Å². The van der Waals surface area contributed by atoms with Crippen molar-refractivity contribution < 1.29 is 17.1 Å². The molecule has 0 fully saturated rings. The summed E-state index contributed by atoms with van der Waals surface area (Å²) in [5.41, 5.74) is 0. The Morgan fingerprint density at radius 3 is 1.77 bits per heavy atom. The third kappa shape index (κ3) is 12.0. The molecule has 0 aromatic rings. The fourth-order valence-electron chi connectivity index (χ4n) is 0.641. The molecule has 0 aliphatic heterocycles. The van der Waals surface area contributed by atoms with Crippen LogP contribution < -0.4 is 0 Å². The van der Waals surface area contributed by atoms with E-state index in [1.165, 1.54) is 0 Å². The van der Waals surface area contributed by atoms with E-state index in [1.807, 2.05) is 13.8 Å². The van der Waals surface area contributed by atoms with Gasteiger partial charge >= 0.3 is 29.2 Å². The van der Waals surface area contributed by atoms with E-state index in [2.05, 4.69) is 0 Å². The first kappa shape index (κ1) is 15.5. The Hall–Kier alpha value is 0.0362.